The molecule has 1 aliphatic heterocycles. The Morgan fingerprint density at radius 2 is 1.86 bits per heavy atom. The minimum Gasteiger partial charge on any atom is -0.351 e. The molecule has 0 unspecified atom stereocenters. The lowest BCUT2D eigenvalue weighted by Crippen LogP contribution is -2.42. The maximum atomic E-state index is 11.9. The third-order valence-corrected chi connectivity index (χ3v) is 5.40. The fourth-order valence-electron chi connectivity index (χ4n) is 3.53. The molecule has 8 heteroatoms. The van der Waals surface area contributed by atoms with Crippen molar-refractivity contribution < 1.29 is 4.92 Å². The van der Waals surface area contributed by atoms with E-state index in [2.05, 4.69) is 41.1 Å². The van der Waals surface area contributed by atoms with Gasteiger partial charge >= 0.3 is 5.69 Å². The summed E-state index contributed by atoms with van der Waals surface area (Å²) in [5.74, 6) is 1.00. The maximum Gasteiger partial charge on any atom is 0.353 e. The largest absolute Gasteiger partial charge is 0.353 e. The first-order chi connectivity index (χ1) is 13.4. The molecular formula is C20H28N6O2. The van der Waals surface area contributed by atoms with Crippen molar-refractivity contribution in [1.82, 2.24) is 14.9 Å². The van der Waals surface area contributed by atoms with Crippen LogP contribution in [0.3, 0.4) is 0 Å². The molecule has 0 spiro atoms. The Morgan fingerprint density at radius 1 is 1.21 bits per heavy atom. The van der Waals surface area contributed by atoms with Crippen molar-refractivity contribution in [3.05, 3.63) is 46.3 Å². The van der Waals surface area contributed by atoms with Gasteiger partial charge in [-0.15, -0.1) is 0 Å². The molecule has 1 saturated heterocycles. The highest BCUT2D eigenvalue weighted by molar-refractivity contribution is 5.74. The minimum absolute atomic E-state index is 0.0862. The topological polar surface area (TPSA) is 87.4 Å². The number of aromatic nitrogens is 2. The lowest BCUT2D eigenvalue weighted by Gasteiger charge is -2.35. The van der Waals surface area contributed by atoms with E-state index >= 15 is 0 Å². The zero-order chi connectivity index (χ0) is 20.3. The van der Waals surface area contributed by atoms with Crippen molar-refractivity contribution in [2.24, 2.45) is 0 Å². The Morgan fingerprint density at radius 3 is 2.43 bits per heavy atom. The van der Waals surface area contributed by atoms with E-state index in [1.165, 1.54) is 11.9 Å². The highest BCUT2D eigenvalue weighted by Gasteiger charge is 2.30. The number of piperidine rings is 1. The molecule has 1 N–H and O–H groups in total. The lowest BCUT2D eigenvalue weighted by molar-refractivity contribution is -0.383. The number of benzene rings is 1. The van der Waals surface area contributed by atoms with Crippen LogP contribution in [0.1, 0.15) is 38.2 Å². The monoisotopic (exact) mass is 384 g/mol. The van der Waals surface area contributed by atoms with Gasteiger partial charge in [-0.1, -0.05) is 26.0 Å². The molecule has 28 heavy (non-hydrogen) atoms. The van der Waals surface area contributed by atoms with Crippen LogP contribution in [0.4, 0.5) is 23.0 Å². The molecule has 2 heterocycles. The van der Waals surface area contributed by atoms with Gasteiger partial charge in [0, 0.05) is 18.8 Å². The summed E-state index contributed by atoms with van der Waals surface area (Å²) in [6, 6.07) is 8.10. The molecule has 0 aliphatic carbocycles. The molecule has 2 aromatic rings. The summed E-state index contributed by atoms with van der Waals surface area (Å²) < 4.78 is 0. The number of nitro groups is 1. The van der Waals surface area contributed by atoms with Crippen molar-refractivity contribution in [3.63, 3.8) is 0 Å². The highest BCUT2D eigenvalue weighted by atomic mass is 16.6. The van der Waals surface area contributed by atoms with Crippen LogP contribution in [0.2, 0.25) is 0 Å². The van der Waals surface area contributed by atoms with Gasteiger partial charge in [-0.2, -0.15) is 0 Å². The maximum absolute atomic E-state index is 11.9. The van der Waals surface area contributed by atoms with Gasteiger partial charge in [0.15, 0.2) is 0 Å². The number of anilines is 3. The molecule has 0 radical (unpaired) electrons. The first-order valence-electron chi connectivity index (χ1n) is 9.64. The Hall–Kier alpha value is -2.74. The van der Waals surface area contributed by atoms with Crippen molar-refractivity contribution in [3.8, 4) is 0 Å². The summed E-state index contributed by atoms with van der Waals surface area (Å²) >= 11 is 0. The zero-order valence-corrected chi connectivity index (χ0v) is 16.9. The Labute approximate surface area is 165 Å². The number of nitrogens with one attached hydrogen (secondary N) is 1. The molecule has 1 aromatic heterocycles. The summed E-state index contributed by atoms with van der Waals surface area (Å²) in [6.45, 7) is 6.20. The first-order valence-corrected chi connectivity index (χ1v) is 9.64. The predicted octanol–water partition coefficient (Wildman–Crippen LogP) is 3.78. The Kier molecular flexibility index (Phi) is 6.08. The van der Waals surface area contributed by atoms with Gasteiger partial charge in [-0.05, 0) is 56.6 Å². The van der Waals surface area contributed by atoms with E-state index in [9.17, 15) is 10.1 Å². The second kappa shape index (κ2) is 8.52. The van der Waals surface area contributed by atoms with Crippen LogP contribution < -0.4 is 10.2 Å². The molecule has 8 nitrogen and oxygen atoms in total. The highest BCUT2D eigenvalue weighted by Crippen LogP contribution is 2.35. The molecule has 0 amide bonds. The minimum atomic E-state index is -0.397. The van der Waals surface area contributed by atoms with Gasteiger partial charge in [0.05, 0.1) is 4.92 Å². The summed E-state index contributed by atoms with van der Waals surface area (Å²) in [7, 11) is 3.97. The van der Waals surface area contributed by atoms with E-state index in [-0.39, 0.29) is 17.5 Å². The number of likely N-dealkylation sites (tertiary alicyclic amines) is 1. The smallest absolute Gasteiger partial charge is 0.351 e. The summed E-state index contributed by atoms with van der Waals surface area (Å²) in [5.41, 5.74) is 1.89. The van der Waals surface area contributed by atoms with E-state index in [1.807, 2.05) is 36.2 Å². The second-order valence-electron chi connectivity index (χ2n) is 7.70. The van der Waals surface area contributed by atoms with Crippen molar-refractivity contribution >= 4 is 23.0 Å². The van der Waals surface area contributed by atoms with Gasteiger partial charge < -0.3 is 15.1 Å². The van der Waals surface area contributed by atoms with Crippen molar-refractivity contribution in [1.29, 1.82) is 0 Å². The van der Waals surface area contributed by atoms with Crippen LogP contribution >= 0.6 is 0 Å². The van der Waals surface area contributed by atoms with E-state index in [4.69, 9.17) is 0 Å². The van der Waals surface area contributed by atoms with Crippen LogP contribution in [-0.4, -0.2) is 53.0 Å². The van der Waals surface area contributed by atoms with Gasteiger partial charge in [0.2, 0.25) is 11.6 Å². The quantitative estimate of drug-likeness (QED) is 0.599. The van der Waals surface area contributed by atoms with E-state index in [0.717, 1.165) is 31.6 Å². The van der Waals surface area contributed by atoms with E-state index in [0.29, 0.717) is 11.7 Å². The third-order valence-electron chi connectivity index (χ3n) is 5.40. The molecule has 0 atom stereocenters. The van der Waals surface area contributed by atoms with Gasteiger partial charge in [-0.25, -0.2) is 9.97 Å². The molecule has 1 aliphatic rings. The Balaban J connectivity index is 1.88. The average molecular weight is 384 g/mol. The molecule has 150 valence electrons. The molecule has 0 bridgehead atoms. The van der Waals surface area contributed by atoms with E-state index < -0.39 is 4.92 Å². The third kappa shape index (κ3) is 4.39. The fraction of sp³-hybridized carbons (Fsp3) is 0.500. The Bertz CT molecular complexity index is 816. The van der Waals surface area contributed by atoms with Crippen LogP contribution in [-0.2, 0) is 0 Å². The van der Waals surface area contributed by atoms with Crippen molar-refractivity contribution in [2.75, 3.05) is 37.4 Å². The summed E-state index contributed by atoms with van der Waals surface area (Å²) in [6.07, 6.45) is 3.29. The molecule has 1 fully saturated rings. The van der Waals surface area contributed by atoms with Crippen LogP contribution in [0, 0.1) is 10.1 Å². The predicted molar refractivity (Wildman–Crippen MR) is 111 cm³/mol. The average Bonchev–Trinajstić information content (AvgIpc) is 2.68. The summed E-state index contributed by atoms with van der Waals surface area (Å²) in [4.78, 5) is 24.1. The lowest BCUT2D eigenvalue weighted by atomic mass is 10.0. The van der Waals surface area contributed by atoms with Crippen LogP contribution in [0.15, 0.2) is 30.6 Å². The number of rotatable bonds is 6. The van der Waals surface area contributed by atoms with Crippen LogP contribution in [0.5, 0.6) is 0 Å². The van der Waals surface area contributed by atoms with E-state index in [1.54, 1.807) is 0 Å². The molecule has 0 saturated carbocycles. The fourth-order valence-corrected chi connectivity index (χ4v) is 3.53. The number of nitrogens with zero attached hydrogens (tertiary/aromatic N) is 5. The van der Waals surface area contributed by atoms with Crippen molar-refractivity contribution in [2.45, 2.75) is 38.6 Å². The normalized spacial score (nSPS) is 15.6. The molecular weight excluding hydrogens is 356 g/mol. The van der Waals surface area contributed by atoms with Gasteiger partial charge in [0.1, 0.15) is 6.33 Å². The standard InChI is InChI=1S/C20H28N6O2/c1-14(2)15-5-7-16(8-6-15)23-19-18(26(27)28)20(22-13-21-19)25(4)17-9-11-24(3)12-10-17/h5-8,13-14,17H,9-12H2,1-4H3,(H,21,22,23). The van der Waals surface area contributed by atoms with Crippen LogP contribution in [0.25, 0.3) is 0 Å². The first kappa shape index (κ1) is 20.0. The van der Waals surface area contributed by atoms with Gasteiger partial charge in [0.25, 0.3) is 0 Å². The number of hydrogen-bond donors (Lipinski definition) is 1. The molecule has 3 rings (SSSR count). The SMILES string of the molecule is CC(C)c1ccc(Nc2ncnc(N(C)C3CCN(C)CC3)c2[N+](=O)[O-])cc1. The second-order valence-corrected chi connectivity index (χ2v) is 7.70. The zero-order valence-electron chi connectivity index (χ0n) is 16.9. The van der Waals surface area contributed by atoms with Gasteiger partial charge in [-0.3, -0.25) is 10.1 Å². The number of hydrogen-bond acceptors (Lipinski definition) is 7. The molecule has 1 aromatic carbocycles. The summed E-state index contributed by atoms with van der Waals surface area (Å²) in [5, 5.41) is 15.0.